The Labute approximate surface area is 113 Å². The molecular formula is C13H11BrN2O2. The fraction of sp³-hybridized carbons (Fsp3) is 0.0769. The molecule has 0 atom stereocenters. The lowest BCUT2D eigenvalue weighted by Crippen LogP contribution is -2.11. The molecule has 2 aromatic rings. The molecule has 1 aromatic carbocycles. The Morgan fingerprint density at radius 3 is 2.83 bits per heavy atom. The number of ether oxygens (including phenoxy) is 1. The quantitative estimate of drug-likeness (QED) is 0.883. The molecule has 92 valence electrons. The average molecular weight is 307 g/mol. The van der Waals surface area contributed by atoms with Crippen molar-refractivity contribution >= 4 is 21.8 Å². The fourth-order valence-electron chi connectivity index (χ4n) is 1.43. The molecule has 1 amide bonds. The summed E-state index contributed by atoms with van der Waals surface area (Å²) in [5.74, 6) is 0.227. The molecule has 2 rings (SSSR count). The van der Waals surface area contributed by atoms with Crippen LogP contribution in [0.25, 0.3) is 0 Å². The molecule has 5 heteroatoms. The molecule has 1 heterocycles. The number of nitrogens with zero attached hydrogens (tertiary/aromatic N) is 1. The zero-order valence-corrected chi connectivity index (χ0v) is 11.1. The highest BCUT2D eigenvalue weighted by Crippen LogP contribution is 2.15. The van der Waals surface area contributed by atoms with Crippen molar-refractivity contribution in [3.8, 4) is 5.75 Å². The predicted molar refractivity (Wildman–Crippen MR) is 71.2 cm³/mol. The zero-order valence-electron chi connectivity index (χ0n) is 9.47. The van der Waals surface area contributed by atoms with Crippen LogP contribution in [0.5, 0.6) is 5.75 Å². The van der Waals surface area contributed by atoms with Crippen molar-refractivity contribution < 1.29 is 9.53 Å². The first-order valence-electron chi connectivity index (χ1n) is 5.28. The number of aromatic nitrogens is 1. The molecule has 18 heavy (non-hydrogen) atoms. The number of benzene rings is 1. The maximum atomic E-state index is 11.0. The molecule has 1 aromatic heterocycles. The summed E-state index contributed by atoms with van der Waals surface area (Å²) in [5.41, 5.74) is 6.57. The van der Waals surface area contributed by atoms with E-state index < -0.39 is 5.91 Å². The number of amides is 1. The molecule has 0 unspecified atom stereocenters. The lowest BCUT2D eigenvalue weighted by Gasteiger charge is -2.06. The van der Waals surface area contributed by atoms with Crippen molar-refractivity contribution in [2.45, 2.75) is 6.61 Å². The van der Waals surface area contributed by atoms with Gasteiger partial charge in [0, 0.05) is 5.56 Å². The van der Waals surface area contributed by atoms with E-state index in [0.717, 1.165) is 10.2 Å². The number of hydrogen-bond donors (Lipinski definition) is 1. The Morgan fingerprint density at radius 2 is 2.17 bits per heavy atom. The second-order valence-corrected chi connectivity index (χ2v) is 4.48. The van der Waals surface area contributed by atoms with Gasteiger partial charge >= 0.3 is 0 Å². The van der Waals surface area contributed by atoms with Crippen molar-refractivity contribution in [1.82, 2.24) is 4.98 Å². The molecule has 0 fully saturated rings. The summed E-state index contributed by atoms with van der Waals surface area (Å²) in [6.45, 7) is 0.366. The van der Waals surface area contributed by atoms with Crippen LogP contribution in [-0.4, -0.2) is 10.9 Å². The molecule has 0 bridgehead atoms. The number of pyridine rings is 1. The molecule has 0 saturated carbocycles. The van der Waals surface area contributed by atoms with Gasteiger partial charge in [-0.2, -0.15) is 0 Å². The second-order valence-electron chi connectivity index (χ2n) is 3.67. The number of carbonyl (C=O) groups is 1. The summed E-state index contributed by atoms with van der Waals surface area (Å²) in [6.07, 6.45) is 1.63. The topological polar surface area (TPSA) is 65.2 Å². The van der Waals surface area contributed by atoms with Gasteiger partial charge in [-0.15, -0.1) is 0 Å². The van der Waals surface area contributed by atoms with Crippen LogP contribution in [0.4, 0.5) is 0 Å². The number of carbonyl (C=O) groups excluding carboxylic acids is 1. The van der Waals surface area contributed by atoms with Crippen molar-refractivity contribution in [3.05, 3.63) is 58.3 Å². The predicted octanol–water partition coefficient (Wildman–Crippen LogP) is 2.52. The Bertz CT molecular complexity index is 555. The number of rotatable bonds is 4. The van der Waals surface area contributed by atoms with Gasteiger partial charge < -0.3 is 10.5 Å². The van der Waals surface area contributed by atoms with Crippen LogP contribution in [0, 0.1) is 0 Å². The van der Waals surface area contributed by atoms with Crippen LogP contribution in [0.2, 0.25) is 0 Å². The van der Waals surface area contributed by atoms with Gasteiger partial charge in [-0.1, -0.05) is 12.1 Å². The highest BCUT2D eigenvalue weighted by molar-refractivity contribution is 9.10. The van der Waals surface area contributed by atoms with E-state index in [-0.39, 0.29) is 0 Å². The SMILES string of the molecule is NC(=O)c1cccc(COc2ccc(Br)nc2)c1. The van der Waals surface area contributed by atoms with Crippen LogP contribution in [-0.2, 0) is 6.61 Å². The Hall–Kier alpha value is -1.88. The van der Waals surface area contributed by atoms with E-state index in [0.29, 0.717) is 17.9 Å². The summed E-state index contributed by atoms with van der Waals surface area (Å²) in [6, 6.07) is 10.7. The third kappa shape index (κ3) is 3.30. The van der Waals surface area contributed by atoms with Crippen LogP contribution < -0.4 is 10.5 Å². The Morgan fingerprint density at radius 1 is 1.33 bits per heavy atom. The third-order valence-electron chi connectivity index (χ3n) is 2.32. The largest absolute Gasteiger partial charge is 0.487 e. The molecule has 0 spiro atoms. The zero-order chi connectivity index (χ0) is 13.0. The van der Waals surface area contributed by atoms with Crippen LogP contribution in [0.1, 0.15) is 15.9 Å². The van der Waals surface area contributed by atoms with Crippen LogP contribution in [0.3, 0.4) is 0 Å². The number of hydrogen-bond acceptors (Lipinski definition) is 3. The fourth-order valence-corrected chi connectivity index (χ4v) is 1.66. The first-order valence-corrected chi connectivity index (χ1v) is 6.07. The van der Waals surface area contributed by atoms with Crippen molar-refractivity contribution in [3.63, 3.8) is 0 Å². The van der Waals surface area contributed by atoms with Gasteiger partial charge in [0.1, 0.15) is 17.0 Å². The van der Waals surface area contributed by atoms with E-state index in [4.69, 9.17) is 10.5 Å². The van der Waals surface area contributed by atoms with Gasteiger partial charge in [0.25, 0.3) is 0 Å². The highest BCUT2D eigenvalue weighted by atomic mass is 79.9. The summed E-state index contributed by atoms with van der Waals surface area (Å²) >= 11 is 3.25. The number of halogens is 1. The van der Waals surface area contributed by atoms with E-state index in [1.165, 1.54) is 0 Å². The minimum absolute atomic E-state index is 0.366. The van der Waals surface area contributed by atoms with Gasteiger partial charge in [0.2, 0.25) is 5.91 Å². The summed E-state index contributed by atoms with van der Waals surface area (Å²) in [7, 11) is 0. The molecule has 4 nitrogen and oxygen atoms in total. The average Bonchev–Trinajstić information content (AvgIpc) is 2.38. The smallest absolute Gasteiger partial charge is 0.248 e. The van der Waals surface area contributed by atoms with Crippen molar-refractivity contribution in [1.29, 1.82) is 0 Å². The van der Waals surface area contributed by atoms with E-state index in [1.807, 2.05) is 12.1 Å². The normalized spacial score (nSPS) is 10.1. The van der Waals surface area contributed by atoms with Crippen molar-refractivity contribution in [2.24, 2.45) is 5.73 Å². The van der Waals surface area contributed by atoms with Crippen molar-refractivity contribution in [2.75, 3.05) is 0 Å². The Kier molecular flexibility index (Phi) is 3.94. The van der Waals surface area contributed by atoms with E-state index in [9.17, 15) is 4.79 Å². The molecule has 0 radical (unpaired) electrons. The molecule has 2 N–H and O–H groups in total. The summed E-state index contributed by atoms with van der Waals surface area (Å²) in [4.78, 5) is 15.1. The standard InChI is InChI=1S/C13H11BrN2O2/c14-12-5-4-11(7-16-12)18-8-9-2-1-3-10(6-9)13(15)17/h1-7H,8H2,(H2,15,17). The van der Waals surface area contributed by atoms with E-state index in [1.54, 1.807) is 30.5 Å². The molecule has 0 aliphatic carbocycles. The molecule has 0 saturated heterocycles. The van der Waals surface area contributed by atoms with Gasteiger partial charge in [-0.05, 0) is 45.8 Å². The first-order chi connectivity index (χ1) is 8.65. The van der Waals surface area contributed by atoms with Gasteiger partial charge in [-0.25, -0.2) is 4.98 Å². The minimum atomic E-state index is -0.442. The Balaban J connectivity index is 2.04. The molecule has 0 aliphatic heterocycles. The monoisotopic (exact) mass is 306 g/mol. The maximum absolute atomic E-state index is 11.0. The maximum Gasteiger partial charge on any atom is 0.248 e. The third-order valence-corrected chi connectivity index (χ3v) is 2.79. The van der Waals surface area contributed by atoms with E-state index >= 15 is 0 Å². The minimum Gasteiger partial charge on any atom is -0.487 e. The van der Waals surface area contributed by atoms with Gasteiger partial charge in [0.05, 0.1) is 6.20 Å². The number of nitrogens with two attached hydrogens (primary N) is 1. The van der Waals surface area contributed by atoms with Crippen LogP contribution in [0.15, 0.2) is 47.2 Å². The van der Waals surface area contributed by atoms with Gasteiger partial charge in [-0.3, -0.25) is 4.79 Å². The molecular weight excluding hydrogens is 296 g/mol. The second kappa shape index (κ2) is 5.64. The highest BCUT2D eigenvalue weighted by Gasteiger charge is 2.02. The summed E-state index contributed by atoms with van der Waals surface area (Å²) in [5, 5.41) is 0. The van der Waals surface area contributed by atoms with E-state index in [2.05, 4.69) is 20.9 Å². The number of primary amides is 1. The lowest BCUT2D eigenvalue weighted by atomic mass is 10.1. The summed E-state index contributed by atoms with van der Waals surface area (Å²) < 4.78 is 6.30. The molecule has 0 aliphatic rings. The van der Waals surface area contributed by atoms with Gasteiger partial charge in [0.15, 0.2) is 0 Å². The van der Waals surface area contributed by atoms with Crippen LogP contribution >= 0.6 is 15.9 Å². The first kappa shape index (κ1) is 12.6. The lowest BCUT2D eigenvalue weighted by molar-refractivity contribution is 0.1000.